The van der Waals surface area contributed by atoms with E-state index in [1.54, 1.807) is 0 Å². The highest BCUT2D eigenvalue weighted by Gasteiger charge is 2.26. The maximum absolute atomic E-state index is 12.0. The molecule has 1 rings (SSSR count). The maximum atomic E-state index is 12.0. The summed E-state index contributed by atoms with van der Waals surface area (Å²) in [6.07, 6.45) is -1.42. The number of hydrogen-bond acceptors (Lipinski definition) is 2. The van der Waals surface area contributed by atoms with Crippen LogP contribution in [0.15, 0.2) is 0 Å². The summed E-state index contributed by atoms with van der Waals surface area (Å²) in [5.41, 5.74) is 0. The molecule has 1 unspecified atom stereocenters. The van der Waals surface area contributed by atoms with Gasteiger partial charge in [0.05, 0.1) is 0 Å². The lowest BCUT2D eigenvalue weighted by Crippen LogP contribution is -2.39. The highest BCUT2D eigenvalue weighted by molar-refractivity contribution is 4.74. The molecule has 1 N–H and O–H groups in total. The first-order valence-electron chi connectivity index (χ1n) is 7.43. The first-order chi connectivity index (χ1) is 8.90. The van der Waals surface area contributed by atoms with Crippen molar-refractivity contribution in [2.24, 2.45) is 5.92 Å². The zero-order chi connectivity index (χ0) is 14.3. The van der Waals surface area contributed by atoms with Crippen LogP contribution in [0.4, 0.5) is 13.2 Å². The fourth-order valence-electron chi connectivity index (χ4n) is 2.59. The molecule has 0 amide bonds. The Labute approximate surface area is 114 Å². The van der Waals surface area contributed by atoms with Crippen molar-refractivity contribution in [1.82, 2.24) is 10.2 Å². The molecule has 1 fully saturated rings. The van der Waals surface area contributed by atoms with Crippen LogP contribution in [0.25, 0.3) is 0 Å². The van der Waals surface area contributed by atoms with Gasteiger partial charge in [0.15, 0.2) is 0 Å². The molecule has 1 saturated heterocycles. The first-order valence-corrected chi connectivity index (χ1v) is 7.43. The predicted molar refractivity (Wildman–Crippen MR) is 72.2 cm³/mol. The molecule has 0 aromatic carbocycles. The van der Waals surface area contributed by atoms with Crippen LogP contribution in [0.3, 0.4) is 0 Å². The van der Waals surface area contributed by atoms with Crippen LogP contribution < -0.4 is 5.32 Å². The molecule has 0 saturated carbocycles. The molecule has 0 spiro atoms. The van der Waals surface area contributed by atoms with Crippen LogP contribution in [0.2, 0.25) is 0 Å². The van der Waals surface area contributed by atoms with E-state index in [0.29, 0.717) is 12.3 Å². The number of likely N-dealkylation sites (tertiary alicyclic amines) is 1. The summed E-state index contributed by atoms with van der Waals surface area (Å²) in [5.74, 6) is 0.688. The summed E-state index contributed by atoms with van der Waals surface area (Å²) in [5, 5.41) is 3.39. The minimum atomic E-state index is -4.01. The number of piperidine rings is 1. The van der Waals surface area contributed by atoms with E-state index in [2.05, 4.69) is 17.1 Å². The zero-order valence-electron chi connectivity index (χ0n) is 12.1. The van der Waals surface area contributed by atoms with Crippen molar-refractivity contribution in [2.45, 2.75) is 58.2 Å². The lowest BCUT2D eigenvalue weighted by atomic mass is 9.96. The Morgan fingerprint density at radius 1 is 1.26 bits per heavy atom. The van der Waals surface area contributed by atoms with Gasteiger partial charge in [0, 0.05) is 12.5 Å². The predicted octanol–water partition coefficient (Wildman–Crippen LogP) is 3.43. The van der Waals surface area contributed by atoms with Crippen LogP contribution in [0.5, 0.6) is 0 Å². The smallest absolute Gasteiger partial charge is 0.314 e. The van der Waals surface area contributed by atoms with Crippen molar-refractivity contribution in [3.8, 4) is 0 Å². The number of nitrogens with one attached hydrogen (secondary N) is 1. The molecule has 1 heterocycles. The second-order valence-corrected chi connectivity index (χ2v) is 5.69. The van der Waals surface area contributed by atoms with E-state index in [4.69, 9.17) is 0 Å². The Morgan fingerprint density at radius 2 is 1.89 bits per heavy atom. The second kappa shape index (κ2) is 8.10. The molecule has 0 aliphatic carbocycles. The Balaban J connectivity index is 2.05. The molecule has 1 aliphatic heterocycles. The second-order valence-electron chi connectivity index (χ2n) is 5.69. The van der Waals surface area contributed by atoms with E-state index in [9.17, 15) is 13.2 Å². The van der Waals surface area contributed by atoms with Gasteiger partial charge in [-0.1, -0.05) is 6.92 Å². The van der Waals surface area contributed by atoms with E-state index in [1.165, 1.54) is 12.8 Å². The molecule has 0 radical (unpaired) electrons. The zero-order valence-corrected chi connectivity index (χ0v) is 12.1. The first kappa shape index (κ1) is 16.8. The fraction of sp³-hybridized carbons (Fsp3) is 1.00. The van der Waals surface area contributed by atoms with Crippen molar-refractivity contribution in [1.29, 1.82) is 0 Å². The largest absolute Gasteiger partial charge is 0.389 e. The molecule has 0 aromatic heterocycles. The molecule has 0 bridgehead atoms. The molecule has 5 heteroatoms. The highest BCUT2D eigenvalue weighted by Crippen LogP contribution is 2.22. The van der Waals surface area contributed by atoms with Crippen molar-refractivity contribution in [3.05, 3.63) is 0 Å². The molecule has 0 aromatic rings. The van der Waals surface area contributed by atoms with Gasteiger partial charge in [0.2, 0.25) is 0 Å². The third-order valence-corrected chi connectivity index (χ3v) is 4.01. The van der Waals surface area contributed by atoms with Crippen molar-refractivity contribution in [2.75, 3.05) is 26.2 Å². The van der Waals surface area contributed by atoms with Crippen molar-refractivity contribution < 1.29 is 13.2 Å². The third-order valence-electron chi connectivity index (χ3n) is 4.01. The summed E-state index contributed by atoms with van der Waals surface area (Å²) in [4.78, 5) is 2.45. The summed E-state index contributed by atoms with van der Waals surface area (Å²) >= 11 is 0. The van der Waals surface area contributed by atoms with Crippen LogP contribution in [0, 0.1) is 5.92 Å². The number of nitrogens with zero attached hydrogens (tertiary/aromatic N) is 1. The van der Waals surface area contributed by atoms with Crippen molar-refractivity contribution >= 4 is 0 Å². The SMILES string of the molecule is CCN1CCC(CNC(C)CCCC(F)(F)F)CC1. The van der Waals surface area contributed by atoms with E-state index >= 15 is 0 Å². The molecule has 2 nitrogen and oxygen atoms in total. The number of alkyl halides is 3. The summed E-state index contributed by atoms with van der Waals surface area (Å²) in [7, 11) is 0. The lowest BCUT2D eigenvalue weighted by molar-refractivity contribution is -0.135. The van der Waals surface area contributed by atoms with Gasteiger partial charge in [-0.15, -0.1) is 0 Å². The van der Waals surface area contributed by atoms with Gasteiger partial charge < -0.3 is 10.2 Å². The van der Waals surface area contributed by atoms with Gasteiger partial charge >= 0.3 is 6.18 Å². The highest BCUT2D eigenvalue weighted by atomic mass is 19.4. The van der Waals surface area contributed by atoms with Crippen LogP contribution in [-0.2, 0) is 0 Å². The molecule has 1 aliphatic rings. The average Bonchev–Trinajstić information content (AvgIpc) is 2.35. The van der Waals surface area contributed by atoms with E-state index in [1.807, 2.05) is 6.92 Å². The van der Waals surface area contributed by atoms with Gasteiger partial charge in [0.25, 0.3) is 0 Å². The monoisotopic (exact) mass is 280 g/mol. The third kappa shape index (κ3) is 7.78. The molecule has 114 valence electrons. The molecular formula is C14H27F3N2. The lowest BCUT2D eigenvalue weighted by Gasteiger charge is -2.31. The number of rotatable bonds is 7. The van der Waals surface area contributed by atoms with E-state index < -0.39 is 12.6 Å². The van der Waals surface area contributed by atoms with E-state index in [0.717, 1.165) is 26.2 Å². The summed E-state index contributed by atoms with van der Waals surface area (Å²) in [6, 6.07) is 0.187. The summed E-state index contributed by atoms with van der Waals surface area (Å²) < 4.78 is 36.1. The normalized spacial score (nSPS) is 20.7. The number of hydrogen-bond donors (Lipinski definition) is 1. The van der Waals surface area contributed by atoms with Gasteiger partial charge in [-0.3, -0.25) is 0 Å². The topological polar surface area (TPSA) is 15.3 Å². The minimum Gasteiger partial charge on any atom is -0.314 e. The fourth-order valence-corrected chi connectivity index (χ4v) is 2.59. The Kier molecular flexibility index (Phi) is 7.15. The van der Waals surface area contributed by atoms with Gasteiger partial charge in [-0.2, -0.15) is 13.2 Å². The molecular weight excluding hydrogens is 253 g/mol. The molecule has 19 heavy (non-hydrogen) atoms. The van der Waals surface area contributed by atoms with Gasteiger partial charge in [-0.05, 0) is 64.7 Å². The number of halogens is 3. The Morgan fingerprint density at radius 3 is 2.42 bits per heavy atom. The van der Waals surface area contributed by atoms with Gasteiger partial charge in [-0.25, -0.2) is 0 Å². The minimum absolute atomic E-state index is 0.187. The van der Waals surface area contributed by atoms with E-state index in [-0.39, 0.29) is 12.5 Å². The van der Waals surface area contributed by atoms with Crippen LogP contribution in [-0.4, -0.2) is 43.3 Å². The average molecular weight is 280 g/mol. The standard InChI is InChI=1S/C14H27F3N2/c1-3-19-9-6-13(7-10-19)11-18-12(2)5-4-8-14(15,16)17/h12-13,18H,3-11H2,1-2H3. The van der Waals surface area contributed by atoms with Crippen LogP contribution >= 0.6 is 0 Å². The Hall–Kier alpha value is -0.290. The Bertz CT molecular complexity index is 235. The van der Waals surface area contributed by atoms with Crippen LogP contribution in [0.1, 0.15) is 46.0 Å². The van der Waals surface area contributed by atoms with Crippen molar-refractivity contribution in [3.63, 3.8) is 0 Å². The summed E-state index contributed by atoms with van der Waals surface area (Å²) in [6.45, 7) is 8.55. The molecule has 1 atom stereocenters. The van der Waals surface area contributed by atoms with Gasteiger partial charge in [0.1, 0.15) is 0 Å². The maximum Gasteiger partial charge on any atom is 0.389 e. The quantitative estimate of drug-likeness (QED) is 0.768.